The molecule has 0 aromatic carbocycles. The molecule has 1 heterocycles. The monoisotopic (exact) mass is 199 g/mol. The molecule has 1 N–H and O–H groups in total. The van der Waals surface area contributed by atoms with E-state index in [1.54, 1.807) is 0 Å². The van der Waals surface area contributed by atoms with Gasteiger partial charge in [0.15, 0.2) is 0 Å². The van der Waals surface area contributed by atoms with Gasteiger partial charge >= 0.3 is 0 Å². The van der Waals surface area contributed by atoms with Crippen molar-refractivity contribution in [2.45, 2.75) is 32.4 Å². The third kappa shape index (κ3) is 3.56. The first-order valence-corrected chi connectivity index (χ1v) is 5.75. The second-order valence-electron chi connectivity index (χ2n) is 4.57. The van der Waals surface area contributed by atoms with Crippen molar-refractivity contribution in [2.24, 2.45) is 0 Å². The van der Waals surface area contributed by atoms with E-state index in [0.29, 0.717) is 6.04 Å². The molecule has 0 radical (unpaired) electrons. The van der Waals surface area contributed by atoms with Gasteiger partial charge in [-0.1, -0.05) is 6.92 Å². The lowest BCUT2D eigenvalue weighted by molar-refractivity contribution is 0.320. The number of hydrogen-bond donors (Lipinski definition) is 1. The SMILES string of the molecule is CCN(C)CCNC1CC(C)N(C)C1. The number of rotatable bonds is 5. The molecule has 2 unspecified atom stereocenters. The highest BCUT2D eigenvalue weighted by atomic mass is 15.2. The Labute approximate surface area is 88.5 Å². The van der Waals surface area contributed by atoms with E-state index in [1.165, 1.54) is 13.0 Å². The van der Waals surface area contributed by atoms with Gasteiger partial charge in [0.05, 0.1) is 0 Å². The number of nitrogens with one attached hydrogen (secondary N) is 1. The Morgan fingerprint density at radius 2 is 2.21 bits per heavy atom. The predicted octanol–water partition coefficient (Wildman–Crippen LogP) is 0.620. The first-order chi connectivity index (χ1) is 6.63. The van der Waals surface area contributed by atoms with Crippen LogP contribution in [0.25, 0.3) is 0 Å². The quantitative estimate of drug-likeness (QED) is 0.700. The van der Waals surface area contributed by atoms with Crippen LogP contribution >= 0.6 is 0 Å². The Kier molecular flexibility index (Phi) is 4.85. The van der Waals surface area contributed by atoms with Gasteiger partial charge in [-0.3, -0.25) is 0 Å². The fraction of sp³-hybridized carbons (Fsp3) is 1.00. The summed E-state index contributed by atoms with van der Waals surface area (Å²) in [4.78, 5) is 4.77. The first-order valence-electron chi connectivity index (χ1n) is 5.75. The van der Waals surface area contributed by atoms with E-state index in [1.807, 2.05) is 0 Å². The second-order valence-corrected chi connectivity index (χ2v) is 4.57. The molecule has 1 rings (SSSR count). The van der Waals surface area contributed by atoms with Crippen molar-refractivity contribution in [1.82, 2.24) is 15.1 Å². The Hall–Kier alpha value is -0.120. The zero-order chi connectivity index (χ0) is 10.6. The molecule has 1 saturated heterocycles. The van der Waals surface area contributed by atoms with E-state index < -0.39 is 0 Å². The third-order valence-electron chi connectivity index (χ3n) is 3.35. The highest BCUT2D eigenvalue weighted by Crippen LogP contribution is 2.14. The van der Waals surface area contributed by atoms with Gasteiger partial charge in [0.2, 0.25) is 0 Å². The number of likely N-dealkylation sites (tertiary alicyclic amines) is 1. The molecule has 0 spiro atoms. The smallest absolute Gasteiger partial charge is 0.0210 e. The van der Waals surface area contributed by atoms with E-state index in [2.05, 4.69) is 43.1 Å². The van der Waals surface area contributed by atoms with Crippen molar-refractivity contribution in [3.05, 3.63) is 0 Å². The molecule has 1 fully saturated rings. The predicted molar refractivity (Wildman–Crippen MR) is 61.7 cm³/mol. The average Bonchev–Trinajstić information content (AvgIpc) is 2.46. The van der Waals surface area contributed by atoms with Gasteiger partial charge in [0, 0.05) is 31.7 Å². The lowest BCUT2D eigenvalue weighted by atomic mass is 10.2. The van der Waals surface area contributed by atoms with Gasteiger partial charge in [0.1, 0.15) is 0 Å². The van der Waals surface area contributed by atoms with Crippen molar-refractivity contribution in [1.29, 1.82) is 0 Å². The first kappa shape index (κ1) is 12.0. The van der Waals surface area contributed by atoms with Crippen molar-refractivity contribution in [3.63, 3.8) is 0 Å². The standard InChI is InChI=1S/C11H25N3/c1-5-13(3)7-6-12-11-8-10(2)14(4)9-11/h10-12H,5-9H2,1-4H3. The van der Waals surface area contributed by atoms with Gasteiger partial charge in [-0.2, -0.15) is 0 Å². The zero-order valence-corrected chi connectivity index (χ0v) is 10.1. The van der Waals surface area contributed by atoms with Crippen LogP contribution in [-0.2, 0) is 0 Å². The van der Waals surface area contributed by atoms with Crippen molar-refractivity contribution < 1.29 is 0 Å². The highest BCUT2D eigenvalue weighted by Gasteiger charge is 2.25. The summed E-state index contributed by atoms with van der Waals surface area (Å²) >= 11 is 0. The van der Waals surface area contributed by atoms with Crippen LogP contribution in [-0.4, -0.2) is 62.2 Å². The Bertz CT molecular complexity index is 151. The van der Waals surface area contributed by atoms with Crippen LogP contribution in [0.4, 0.5) is 0 Å². The fourth-order valence-electron chi connectivity index (χ4n) is 1.96. The molecule has 1 aliphatic heterocycles. The Morgan fingerprint density at radius 3 is 2.71 bits per heavy atom. The number of nitrogens with zero attached hydrogens (tertiary/aromatic N) is 2. The Morgan fingerprint density at radius 1 is 1.50 bits per heavy atom. The molecule has 0 aliphatic carbocycles. The van der Waals surface area contributed by atoms with Crippen LogP contribution in [0.15, 0.2) is 0 Å². The molecule has 84 valence electrons. The number of hydrogen-bond acceptors (Lipinski definition) is 3. The summed E-state index contributed by atoms with van der Waals surface area (Å²) in [6, 6.07) is 1.46. The lowest BCUT2D eigenvalue weighted by Crippen LogP contribution is -2.37. The maximum Gasteiger partial charge on any atom is 0.0210 e. The minimum atomic E-state index is 0.709. The van der Waals surface area contributed by atoms with Crippen molar-refractivity contribution in [2.75, 3.05) is 40.3 Å². The molecule has 14 heavy (non-hydrogen) atoms. The van der Waals surface area contributed by atoms with Gasteiger partial charge < -0.3 is 15.1 Å². The molecule has 3 nitrogen and oxygen atoms in total. The summed E-state index contributed by atoms with van der Waals surface area (Å²) in [5, 5.41) is 3.62. The van der Waals surface area contributed by atoms with Gasteiger partial charge in [-0.05, 0) is 34.0 Å². The zero-order valence-electron chi connectivity index (χ0n) is 10.1. The van der Waals surface area contributed by atoms with E-state index in [9.17, 15) is 0 Å². The van der Waals surface area contributed by atoms with E-state index in [4.69, 9.17) is 0 Å². The lowest BCUT2D eigenvalue weighted by Gasteiger charge is -2.17. The summed E-state index contributed by atoms with van der Waals surface area (Å²) in [5.41, 5.74) is 0. The molecule has 0 aromatic heterocycles. The van der Waals surface area contributed by atoms with Gasteiger partial charge in [-0.15, -0.1) is 0 Å². The van der Waals surface area contributed by atoms with E-state index >= 15 is 0 Å². The van der Waals surface area contributed by atoms with Crippen LogP contribution in [0.1, 0.15) is 20.3 Å². The topological polar surface area (TPSA) is 18.5 Å². The molecule has 0 saturated carbocycles. The molecular formula is C11H25N3. The summed E-state index contributed by atoms with van der Waals surface area (Å²) < 4.78 is 0. The summed E-state index contributed by atoms with van der Waals surface area (Å²) in [7, 11) is 4.38. The minimum absolute atomic E-state index is 0.709. The molecule has 1 aliphatic rings. The number of likely N-dealkylation sites (N-methyl/N-ethyl adjacent to an activating group) is 2. The van der Waals surface area contributed by atoms with E-state index in [0.717, 1.165) is 25.7 Å². The third-order valence-corrected chi connectivity index (χ3v) is 3.35. The maximum atomic E-state index is 3.62. The largest absolute Gasteiger partial charge is 0.311 e. The maximum absolute atomic E-state index is 3.62. The van der Waals surface area contributed by atoms with Crippen molar-refractivity contribution in [3.8, 4) is 0 Å². The average molecular weight is 199 g/mol. The van der Waals surface area contributed by atoms with Crippen molar-refractivity contribution >= 4 is 0 Å². The van der Waals surface area contributed by atoms with Gasteiger partial charge in [0.25, 0.3) is 0 Å². The highest BCUT2D eigenvalue weighted by molar-refractivity contribution is 4.84. The van der Waals surface area contributed by atoms with Crippen LogP contribution in [0, 0.1) is 0 Å². The summed E-state index contributed by atoms with van der Waals surface area (Å²) in [5.74, 6) is 0. The fourth-order valence-corrected chi connectivity index (χ4v) is 1.96. The molecule has 0 aromatic rings. The van der Waals surface area contributed by atoms with Crippen LogP contribution in [0.5, 0.6) is 0 Å². The minimum Gasteiger partial charge on any atom is -0.311 e. The normalized spacial score (nSPS) is 28.9. The van der Waals surface area contributed by atoms with Crippen LogP contribution in [0.3, 0.4) is 0 Å². The molecule has 3 heteroatoms. The second kappa shape index (κ2) is 5.69. The van der Waals surface area contributed by atoms with Gasteiger partial charge in [-0.25, -0.2) is 0 Å². The molecule has 2 atom stereocenters. The molecular weight excluding hydrogens is 174 g/mol. The molecule has 0 bridgehead atoms. The van der Waals surface area contributed by atoms with Crippen LogP contribution in [0.2, 0.25) is 0 Å². The summed E-state index contributed by atoms with van der Waals surface area (Å²) in [6.07, 6.45) is 1.30. The molecule has 0 amide bonds. The Balaban J connectivity index is 2.08. The van der Waals surface area contributed by atoms with E-state index in [-0.39, 0.29) is 0 Å². The van der Waals surface area contributed by atoms with Crippen LogP contribution < -0.4 is 5.32 Å². The summed E-state index contributed by atoms with van der Waals surface area (Å²) in [6.45, 7) is 9.13.